The van der Waals surface area contributed by atoms with Crippen LogP contribution < -0.4 is 5.32 Å². The van der Waals surface area contributed by atoms with Gasteiger partial charge in [-0.1, -0.05) is 24.3 Å². The number of hydrogen-bond donors (Lipinski definition) is 2. The summed E-state index contributed by atoms with van der Waals surface area (Å²) >= 11 is 0. The summed E-state index contributed by atoms with van der Waals surface area (Å²) in [6.45, 7) is 7.63. The van der Waals surface area contributed by atoms with E-state index in [1.54, 1.807) is 0 Å². The first-order valence-corrected chi connectivity index (χ1v) is 10.8. The van der Waals surface area contributed by atoms with E-state index in [2.05, 4.69) is 34.0 Å². The van der Waals surface area contributed by atoms with E-state index in [0.29, 0.717) is 12.1 Å². The molecule has 0 unspecified atom stereocenters. The first-order valence-electron chi connectivity index (χ1n) is 10.8. The smallest absolute Gasteiger partial charge is 0.251 e. The summed E-state index contributed by atoms with van der Waals surface area (Å²) in [6, 6.07) is 15.9. The predicted octanol–water partition coefficient (Wildman–Crippen LogP) is 3.53. The van der Waals surface area contributed by atoms with Crippen molar-refractivity contribution in [1.82, 2.24) is 20.2 Å². The predicted molar refractivity (Wildman–Crippen MR) is 118 cm³/mol. The first-order chi connectivity index (χ1) is 14.6. The molecule has 1 aliphatic heterocycles. The highest BCUT2D eigenvalue weighted by Crippen LogP contribution is 2.15. The van der Waals surface area contributed by atoms with Gasteiger partial charge in [-0.3, -0.25) is 9.69 Å². The van der Waals surface area contributed by atoms with Crippen molar-refractivity contribution < 1.29 is 9.53 Å². The van der Waals surface area contributed by atoms with Gasteiger partial charge in [0.05, 0.1) is 23.2 Å². The number of carbonyl (C=O) groups excluding carboxylic acids is 1. The Hall–Kier alpha value is -2.70. The summed E-state index contributed by atoms with van der Waals surface area (Å²) in [7, 11) is 0. The number of para-hydroxylation sites is 2. The van der Waals surface area contributed by atoms with Crippen molar-refractivity contribution in [2.45, 2.75) is 45.4 Å². The molecule has 1 amide bonds. The number of fused-ring (bicyclic) bond motifs is 1. The third-order valence-corrected chi connectivity index (χ3v) is 5.43. The van der Waals surface area contributed by atoms with E-state index in [0.717, 1.165) is 49.3 Å². The van der Waals surface area contributed by atoms with Crippen molar-refractivity contribution in [3.63, 3.8) is 0 Å². The molecule has 6 nitrogen and oxygen atoms in total. The minimum atomic E-state index is -0.0280. The molecule has 6 heteroatoms. The number of benzene rings is 2. The number of morpholine rings is 1. The minimum Gasteiger partial charge on any atom is -0.373 e. The average molecular weight is 407 g/mol. The molecule has 0 spiro atoms. The fraction of sp³-hybridized carbons (Fsp3) is 0.417. The molecule has 3 aromatic rings. The van der Waals surface area contributed by atoms with Gasteiger partial charge in [-0.25, -0.2) is 4.98 Å². The fourth-order valence-corrected chi connectivity index (χ4v) is 4.12. The molecule has 2 atom stereocenters. The molecule has 2 aromatic carbocycles. The molecule has 1 aromatic heterocycles. The van der Waals surface area contributed by atoms with Crippen LogP contribution in [0.4, 0.5) is 0 Å². The van der Waals surface area contributed by atoms with Crippen LogP contribution in [0.15, 0.2) is 48.5 Å². The van der Waals surface area contributed by atoms with Crippen LogP contribution in [-0.4, -0.2) is 52.6 Å². The maximum atomic E-state index is 12.4. The maximum absolute atomic E-state index is 12.4. The van der Waals surface area contributed by atoms with Gasteiger partial charge in [0, 0.05) is 38.2 Å². The topological polar surface area (TPSA) is 70.2 Å². The van der Waals surface area contributed by atoms with Crippen LogP contribution in [0.3, 0.4) is 0 Å². The highest BCUT2D eigenvalue weighted by molar-refractivity contribution is 5.94. The fourth-order valence-electron chi connectivity index (χ4n) is 4.12. The molecule has 1 saturated heterocycles. The summed E-state index contributed by atoms with van der Waals surface area (Å²) in [5, 5.41) is 3.01. The van der Waals surface area contributed by atoms with E-state index in [1.807, 2.05) is 48.5 Å². The van der Waals surface area contributed by atoms with Crippen LogP contribution in [0.1, 0.15) is 42.0 Å². The van der Waals surface area contributed by atoms with Crippen LogP contribution in [0.25, 0.3) is 11.0 Å². The molecule has 1 fully saturated rings. The molecule has 30 heavy (non-hydrogen) atoms. The zero-order valence-corrected chi connectivity index (χ0v) is 17.7. The lowest BCUT2D eigenvalue weighted by molar-refractivity contribution is -0.0704. The molecule has 4 rings (SSSR count). The normalized spacial score (nSPS) is 19.8. The van der Waals surface area contributed by atoms with Crippen molar-refractivity contribution >= 4 is 16.9 Å². The summed E-state index contributed by atoms with van der Waals surface area (Å²) < 4.78 is 5.79. The number of ether oxygens (including phenoxy) is 1. The SMILES string of the molecule is C[C@H]1CN(Cc2ccc(C(=O)NCCCc3nc4ccccc4[nH]3)cc2)C[C@H](C)O1. The molecule has 0 radical (unpaired) electrons. The van der Waals surface area contributed by atoms with Crippen molar-refractivity contribution in [3.05, 3.63) is 65.5 Å². The van der Waals surface area contributed by atoms with Gasteiger partial charge in [-0.15, -0.1) is 0 Å². The van der Waals surface area contributed by atoms with Gasteiger partial charge < -0.3 is 15.0 Å². The zero-order chi connectivity index (χ0) is 20.9. The second-order valence-corrected chi connectivity index (χ2v) is 8.21. The Kier molecular flexibility index (Phi) is 6.45. The monoisotopic (exact) mass is 406 g/mol. The number of aromatic amines is 1. The Morgan fingerprint density at radius 3 is 2.60 bits per heavy atom. The molecular weight excluding hydrogens is 376 g/mol. The number of imidazole rings is 1. The van der Waals surface area contributed by atoms with Crippen LogP contribution in [0.5, 0.6) is 0 Å². The van der Waals surface area contributed by atoms with E-state index in [9.17, 15) is 4.79 Å². The second-order valence-electron chi connectivity index (χ2n) is 8.21. The van der Waals surface area contributed by atoms with E-state index >= 15 is 0 Å². The van der Waals surface area contributed by atoms with Crippen molar-refractivity contribution in [2.75, 3.05) is 19.6 Å². The Balaban J connectivity index is 1.22. The molecule has 158 valence electrons. The Morgan fingerprint density at radius 2 is 1.87 bits per heavy atom. The lowest BCUT2D eigenvalue weighted by atomic mass is 10.1. The lowest BCUT2D eigenvalue weighted by Gasteiger charge is -2.35. The highest BCUT2D eigenvalue weighted by atomic mass is 16.5. The van der Waals surface area contributed by atoms with Crippen molar-refractivity contribution in [3.8, 4) is 0 Å². The van der Waals surface area contributed by atoms with Crippen LogP contribution >= 0.6 is 0 Å². The Bertz CT molecular complexity index is 939. The van der Waals surface area contributed by atoms with Gasteiger partial charge in [-0.2, -0.15) is 0 Å². The number of amides is 1. The van der Waals surface area contributed by atoms with E-state index in [4.69, 9.17) is 4.74 Å². The van der Waals surface area contributed by atoms with Gasteiger partial charge in [0.25, 0.3) is 5.91 Å². The van der Waals surface area contributed by atoms with Crippen molar-refractivity contribution in [2.24, 2.45) is 0 Å². The summed E-state index contributed by atoms with van der Waals surface area (Å²) in [4.78, 5) is 22.7. The highest BCUT2D eigenvalue weighted by Gasteiger charge is 2.22. The number of hydrogen-bond acceptors (Lipinski definition) is 4. The van der Waals surface area contributed by atoms with Crippen LogP contribution in [-0.2, 0) is 17.7 Å². The summed E-state index contributed by atoms with van der Waals surface area (Å²) in [5.41, 5.74) is 3.96. The van der Waals surface area contributed by atoms with Gasteiger partial charge >= 0.3 is 0 Å². The second kappa shape index (κ2) is 9.41. The zero-order valence-electron chi connectivity index (χ0n) is 17.7. The minimum absolute atomic E-state index is 0.0280. The molecular formula is C24H30N4O2. The third kappa shape index (κ3) is 5.26. The Morgan fingerprint density at radius 1 is 1.13 bits per heavy atom. The van der Waals surface area contributed by atoms with E-state index < -0.39 is 0 Å². The number of aryl methyl sites for hydroxylation is 1. The Labute approximate surface area is 177 Å². The molecule has 2 N–H and O–H groups in total. The largest absolute Gasteiger partial charge is 0.373 e. The van der Waals surface area contributed by atoms with Gasteiger partial charge in [0.15, 0.2) is 0 Å². The molecule has 0 aliphatic carbocycles. The number of H-pyrrole nitrogens is 1. The van der Waals surface area contributed by atoms with Gasteiger partial charge in [0.1, 0.15) is 5.82 Å². The molecule has 2 heterocycles. The average Bonchev–Trinajstić information content (AvgIpc) is 3.14. The lowest BCUT2D eigenvalue weighted by Crippen LogP contribution is -2.44. The summed E-state index contributed by atoms with van der Waals surface area (Å²) in [6.07, 6.45) is 2.18. The number of aromatic nitrogens is 2. The van der Waals surface area contributed by atoms with Crippen LogP contribution in [0, 0.1) is 0 Å². The molecule has 1 aliphatic rings. The van der Waals surface area contributed by atoms with Crippen LogP contribution in [0.2, 0.25) is 0 Å². The van der Waals surface area contributed by atoms with E-state index in [1.165, 1.54) is 5.56 Å². The third-order valence-electron chi connectivity index (χ3n) is 5.43. The number of carbonyl (C=O) groups is 1. The molecule has 0 saturated carbocycles. The molecule has 0 bridgehead atoms. The quantitative estimate of drug-likeness (QED) is 0.589. The van der Waals surface area contributed by atoms with E-state index in [-0.39, 0.29) is 18.1 Å². The van der Waals surface area contributed by atoms with Gasteiger partial charge in [-0.05, 0) is 50.1 Å². The number of nitrogens with zero attached hydrogens (tertiary/aromatic N) is 2. The van der Waals surface area contributed by atoms with Gasteiger partial charge in [0.2, 0.25) is 0 Å². The van der Waals surface area contributed by atoms with Crippen molar-refractivity contribution in [1.29, 1.82) is 0 Å². The standard InChI is InChI=1S/C24H30N4O2/c1-17-14-28(15-18(2)30-17)16-19-9-11-20(12-10-19)24(29)25-13-5-8-23-26-21-6-3-4-7-22(21)27-23/h3-4,6-7,9-12,17-18H,5,8,13-16H2,1-2H3,(H,25,29)(H,26,27)/t17-,18-/m0/s1. The maximum Gasteiger partial charge on any atom is 0.251 e. The summed E-state index contributed by atoms with van der Waals surface area (Å²) in [5.74, 6) is 0.932. The number of nitrogens with one attached hydrogen (secondary N) is 2. The number of rotatable bonds is 7. The first kappa shape index (κ1) is 20.6.